The van der Waals surface area contributed by atoms with Gasteiger partial charge in [0.15, 0.2) is 5.78 Å². The van der Waals surface area contributed by atoms with E-state index in [1.54, 1.807) is 24.3 Å². The van der Waals surface area contributed by atoms with Gasteiger partial charge >= 0.3 is 0 Å². The average molecular weight is 455 g/mol. The van der Waals surface area contributed by atoms with Gasteiger partial charge in [-0.05, 0) is 68.4 Å². The molecule has 4 rings (SSSR count). The zero-order valence-corrected chi connectivity index (χ0v) is 18.4. The van der Waals surface area contributed by atoms with Crippen LogP contribution in [0.2, 0.25) is 0 Å². The lowest BCUT2D eigenvalue weighted by molar-refractivity contribution is 0.0620. The fourth-order valence-electron chi connectivity index (χ4n) is 3.38. The molecule has 1 aliphatic heterocycles. The number of carbonyl (C=O) groups is 2. The number of anilines is 1. The summed E-state index contributed by atoms with van der Waals surface area (Å²) in [5, 5.41) is 2.71. The van der Waals surface area contributed by atoms with E-state index < -0.39 is 21.5 Å². The number of Topliss-reactive ketones (excluding diaryl/α,β-unsaturated/α-hetero) is 1. The number of hydrogen-bond acceptors (Lipinski definition) is 6. The molecule has 32 heavy (non-hydrogen) atoms. The van der Waals surface area contributed by atoms with E-state index in [9.17, 15) is 18.0 Å². The molecular formula is C23H22N2O6S. The highest BCUT2D eigenvalue weighted by Crippen LogP contribution is 2.33. The SMILES string of the molecule is CC1(C)CC(=O)c2cc(C(=O)Nc3ccc(S(=O)(=O)NCc4ccco4)cc3)ccc2O1. The minimum Gasteiger partial charge on any atom is -0.487 e. The molecule has 0 aliphatic carbocycles. The van der Waals surface area contributed by atoms with E-state index in [-0.39, 0.29) is 23.6 Å². The average Bonchev–Trinajstić information content (AvgIpc) is 3.25. The van der Waals surface area contributed by atoms with Gasteiger partial charge in [0, 0.05) is 11.3 Å². The Kier molecular flexibility index (Phi) is 5.62. The van der Waals surface area contributed by atoms with Crippen molar-refractivity contribution in [3.05, 3.63) is 77.7 Å². The number of ether oxygens (including phenoxy) is 1. The fraction of sp³-hybridized carbons (Fsp3) is 0.217. The Morgan fingerprint density at radius 3 is 2.53 bits per heavy atom. The van der Waals surface area contributed by atoms with Crippen LogP contribution in [0, 0.1) is 0 Å². The molecule has 8 nitrogen and oxygen atoms in total. The zero-order valence-electron chi connectivity index (χ0n) is 17.5. The van der Waals surface area contributed by atoms with Crippen molar-refractivity contribution in [2.24, 2.45) is 0 Å². The van der Waals surface area contributed by atoms with Crippen LogP contribution >= 0.6 is 0 Å². The Morgan fingerprint density at radius 1 is 1.09 bits per heavy atom. The summed E-state index contributed by atoms with van der Waals surface area (Å²) in [5.74, 6) is 0.453. The summed E-state index contributed by atoms with van der Waals surface area (Å²) in [6.45, 7) is 3.71. The molecule has 0 saturated heterocycles. The van der Waals surface area contributed by atoms with Gasteiger partial charge in [0.25, 0.3) is 5.91 Å². The third-order valence-corrected chi connectivity index (χ3v) is 6.37. The van der Waals surface area contributed by atoms with Crippen LogP contribution < -0.4 is 14.8 Å². The van der Waals surface area contributed by atoms with Crippen LogP contribution in [0.5, 0.6) is 5.75 Å². The monoisotopic (exact) mass is 454 g/mol. The van der Waals surface area contributed by atoms with Gasteiger partial charge in [-0.15, -0.1) is 0 Å². The van der Waals surface area contributed by atoms with Crippen molar-refractivity contribution in [1.29, 1.82) is 0 Å². The maximum Gasteiger partial charge on any atom is 0.255 e. The van der Waals surface area contributed by atoms with Gasteiger partial charge in [0.05, 0.1) is 29.7 Å². The van der Waals surface area contributed by atoms with Gasteiger partial charge in [-0.2, -0.15) is 0 Å². The maximum atomic E-state index is 12.6. The first-order valence-corrected chi connectivity index (χ1v) is 11.4. The van der Waals surface area contributed by atoms with Crippen LogP contribution in [0.25, 0.3) is 0 Å². The van der Waals surface area contributed by atoms with E-state index >= 15 is 0 Å². The van der Waals surface area contributed by atoms with Gasteiger partial charge in [-0.3, -0.25) is 9.59 Å². The molecule has 1 amide bonds. The Balaban J connectivity index is 1.44. The Morgan fingerprint density at radius 2 is 1.84 bits per heavy atom. The molecule has 0 bridgehead atoms. The van der Waals surface area contributed by atoms with Gasteiger partial charge in [-0.1, -0.05) is 0 Å². The van der Waals surface area contributed by atoms with Crippen molar-refractivity contribution in [3.63, 3.8) is 0 Å². The second-order valence-corrected chi connectivity index (χ2v) is 9.82. The molecule has 0 fully saturated rings. The zero-order chi connectivity index (χ0) is 22.9. The largest absolute Gasteiger partial charge is 0.487 e. The predicted molar refractivity (Wildman–Crippen MR) is 117 cm³/mol. The molecule has 2 heterocycles. The van der Waals surface area contributed by atoms with Crippen molar-refractivity contribution in [3.8, 4) is 5.75 Å². The first-order chi connectivity index (χ1) is 15.1. The van der Waals surface area contributed by atoms with Crippen molar-refractivity contribution >= 4 is 27.4 Å². The van der Waals surface area contributed by atoms with E-state index in [1.165, 1.54) is 36.6 Å². The number of hydrogen-bond donors (Lipinski definition) is 2. The third-order valence-electron chi connectivity index (χ3n) is 4.95. The summed E-state index contributed by atoms with van der Waals surface area (Å²) >= 11 is 0. The van der Waals surface area contributed by atoms with E-state index in [1.807, 2.05) is 13.8 Å². The molecule has 1 aliphatic rings. The number of ketones is 1. The van der Waals surface area contributed by atoms with Gasteiger partial charge < -0.3 is 14.5 Å². The second kappa shape index (κ2) is 8.25. The first-order valence-electron chi connectivity index (χ1n) is 9.93. The van der Waals surface area contributed by atoms with Crippen molar-refractivity contribution < 1.29 is 27.2 Å². The molecule has 0 atom stereocenters. The second-order valence-electron chi connectivity index (χ2n) is 8.06. The van der Waals surface area contributed by atoms with Gasteiger partial charge in [0.1, 0.15) is 17.1 Å². The summed E-state index contributed by atoms with van der Waals surface area (Å²) in [6.07, 6.45) is 1.70. The van der Waals surface area contributed by atoms with Crippen molar-refractivity contribution in [2.45, 2.75) is 37.3 Å². The van der Waals surface area contributed by atoms with Crippen LogP contribution in [0.3, 0.4) is 0 Å². The summed E-state index contributed by atoms with van der Waals surface area (Å²) in [6, 6.07) is 13.8. The normalized spacial score (nSPS) is 15.0. The molecular weight excluding hydrogens is 432 g/mol. The number of amides is 1. The molecule has 0 saturated carbocycles. The molecule has 3 aromatic rings. The smallest absolute Gasteiger partial charge is 0.255 e. The van der Waals surface area contributed by atoms with Crippen LogP contribution in [-0.2, 0) is 16.6 Å². The quantitative estimate of drug-likeness (QED) is 0.586. The Bertz CT molecular complexity index is 1260. The topological polar surface area (TPSA) is 115 Å². The number of nitrogens with one attached hydrogen (secondary N) is 2. The number of furan rings is 1. The molecule has 0 radical (unpaired) electrons. The van der Waals surface area contributed by atoms with Crippen molar-refractivity contribution in [2.75, 3.05) is 5.32 Å². The summed E-state index contributed by atoms with van der Waals surface area (Å²) in [7, 11) is -3.73. The number of benzene rings is 2. The van der Waals surface area contributed by atoms with Crippen molar-refractivity contribution in [1.82, 2.24) is 4.72 Å². The highest BCUT2D eigenvalue weighted by Gasteiger charge is 2.32. The maximum absolute atomic E-state index is 12.6. The minimum absolute atomic E-state index is 0.0335. The highest BCUT2D eigenvalue weighted by molar-refractivity contribution is 7.89. The predicted octanol–water partition coefficient (Wildman–Crippen LogP) is 3.75. The highest BCUT2D eigenvalue weighted by atomic mass is 32.2. The first kappa shape index (κ1) is 21.8. The minimum atomic E-state index is -3.73. The number of fused-ring (bicyclic) bond motifs is 1. The lowest BCUT2D eigenvalue weighted by Gasteiger charge is -2.31. The van der Waals surface area contributed by atoms with Crippen LogP contribution in [0.4, 0.5) is 5.69 Å². The lowest BCUT2D eigenvalue weighted by atomic mass is 9.92. The van der Waals surface area contributed by atoms with Gasteiger partial charge in [0.2, 0.25) is 10.0 Å². The van der Waals surface area contributed by atoms with E-state index in [0.29, 0.717) is 28.3 Å². The molecule has 9 heteroatoms. The number of carbonyl (C=O) groups excluding carboxylic acids is 2. The van der Waals surface area contributed by atoms with Crippen LogP contribution in [0.1, 0.15) is 46.7 Å². The fourth-order valence-corrected chi connectivity index (χ4v) is 4.37. The lowest BCUT2D eigenvalue weighted by Crippen LogP contribution is -2.36. The Hall–Kier alpha value is -3.43. The summed E-state index contributed by atoms with van der Waals surface area (Å²) < 4.78 is 38.2. The number of rotatable bonds is 6. The molecule has 2 aromatic carbocycles. The molecule has 0 unspecified atom stereocenters. The summed E-state index contributed by atoms with van der Waals surface area (Å²) in [5.41, 5.74) is 0.516. The van der Waals surface area contributed by atoms with E-state index in [0.717, 1.165) is 0 Å². The Labute approximate surface area is 185 Å². The van der Waals surface area contributed by atoms with Gasteiger partial charge in [-0.25, -0.2) is 13.1 Å². The molecule has 1 aromatic heterocycles. The third kappa shape index (κ3) is 4.74. The molecule has 2 N–H and O–H groups in total. The van der Waals surface area contributed by atoms with Crippen LogP contribution in [0.15, 0.2) is 70.2 Å². The standard InChI is InChI=1S/C23H22N2O6S/c1-23(2)13-20(26)19-12-15(5-10-21(19)31-23)22(27)25-16-6-8-18(9-7-16)32(28,29)24-14-17-4-3-11-30-17/h3-12,24H,13-14H2,1-2H3,(H,25,27). The van der Waals surface area contributed by atoms with Crippen LogP contribution in [-0.4, -0.2) is 25.7 Å². The summed E-state index contributed by atoms with van der Waals surface area (Å²) in [4.78, 5) is 25.1. The van der Waals surface area contributed by atoms with E-state index in [4.69, 9.17) is 9.15 Å². The molecule has 166 valence electrons. The number of sulfonamides is 1. The molecule has 0 spiro atoms. The van der Waals surface area contributed by atoms with E-state index in [2.05, 4.69) is 10.0 Å².